The summed E-state index contributed by atoms with van der Waals surface area (Å²) in [6, 6.07) is 9.59. The van der Waals surface area contributed by atoms with Gasteiger partial charge in [0.25, 0.3) is 0 Å². The summed E-state index contributed by atoms with van der Waals surface area (Å²) in [6.45, 7) is 4.98. The Morgan fingerprint density at radius 2 is 2.00 bits per heavy atom. The number of hydrogen-bond donors (Lipinski definition) is 1. The second kappa shape index (κ2) is 7.14. The zero-order valence-electron chi connectivity index (χ0n) is 11.5. The Labute approximate surface area is 114 Å². The molecule has 4 heteroatoms. The van der Waals surface area contributed by atoms with E-state index >= 15 is 0 Å². The summed E-state index contributed by atoms with van der Waals surface area (Å²) in [5, 5.41) is 3.21. The lowest BCUT2D eigenvalue weighted by atomic mass is 10.3. The first-order chi connectivity index (χ1) is 9.27. The highest BCUT2D eigenvalue weighted by Crippen LogP contribution is 2.09. The number of carbonyl (C=O) groups is 1. The molecule has 0 aromatic heterocycles. The molecule has 0 bridgehead atoms. The molecule has 1 aromatic rings. The van der Waals surface area contributed by atoms with E-state index < -0.39 is 0 Å². The van der Waals surface area contributed by atoms with E-state index in [9.17, 15) is 4.79 Å². The van der Waals surface area contributed by atoms with Crippen molar-refractivity contribution in [2.45, 2.75) is 25.8 Å². The minimum atomic E-state index is -0.127. The van der Waals surface area contributed by atoms with E-state index in [1.165, 1.54) is 0 Å². The second-order valence-corrected chi connectivity index (χ2v) is 4.87. The molecule has 1 heterocycles. The van der Waals surface area contributed by atoms with Crippen LogP contribution in [0.5, 0.6) is 5.75 Å². The number of amides is 1. The summed E-state index contributed by atoms with van der Waals surface area (Å²) in [5.41, 5.74) is 0. The van der Waals surface area contributed by atoms with Gasteiger partial charge in [-0.05, 0) is 31.9 Å². The van der Waals surface area contributed by atoms with Gasteiger partial charge < -0.3 is 15.0 Å². The molecule has 0 spiro atoms. The lowest BCUT2D eigenvalue weighted by Gasteiger charge is -2.21. The number of rotatable bonds is 6. The zero-order valence-corrected chi connectivity index (χ0v) is 11.5. The maximum Gasteiger partial charge on any atom is 0.239 e. The van der Waals surface area contributed by atoms with Gasteiger partial charge in [-0.25, -0.2) is 0 Å². The molecule has 104 valence electrons. The van der Waals surface area contributed by atoms with Gasteiger partial charge in [0.2, 0.25) is 5.91 Å². The number of benzene rings is 1. The summed E-state index contributed by atoms with van der Waals surface area (Å²) in [5.74, 6) is 1.07. The average molecular weight is 262 g/mol. The highest BCUT2D eigenvalue weighted by molar-refractivity contribution is 5.81. The van der Waals surface area contributed by atoms with Crippen molar-refractivity contribution < 1.29 is 9.53 Å². The summed E-state index contributed by atoms with van der Waals surface area (Å²) >= 11 is 0. The van der Waals surface area contributed by atoms with E-state index in [0.717, 1.165) is 31.7 Å². The van der Waals surface area contributed by atoms with Crippen molar-refractivity contribution in [3.63, 3.8) is 0 Å². The molecule has 1 unspecified atom stereocenters. The standard InChI is InChI=1S/C15H22N2O2/c1-13(15(18)17-10-5-6-11-17)16-9-12-19-14-7-3-2-4-8-14/h2-4,7-8,13,16H,5-6,9-12H2,1H3. The highest BCUT2D eigenvalue weighted by atomic mass is 16.5. The molecule has 0 aliphatic carbocycles. The molecule has 19 heavy (non-hydrogen) atoms. The van der Waals surface area contributed by atoms with Crippen molar-refractivity contribution in [3.8, 4) is 5.75 Å². The van der Waals surface area contributed by atoms with E-state index in [-0.39, 0.29) is 11.9 Å². The average Bonchev–Trinajstić information content (AvgIpc) is 2.98. The quantitative estimate of drug-likeness (QED) is 0.793. The molecule has 4 nitrogen and oxygen atoms in total. The van der Waals surface area contributed by atoms with Gasteiger partial charge in [0.05, 0.1) is 6.04 Å². The fraction of sp³-hybridized carbons (Fsp3) is 0.533. The SMILES string of the molecule is CC(NCCOc1ccccc1)C(=O)N1CCCC1. The van der Waals surface area contributed by atoms with E-state index in [0.29, 0.717) is 13.2 Å². The number of para-hydroxylation sites is 1. The fourth-order valence-corrected chi connectivity index (χ4v) is 2.26. The number of carbonyl (C=O) groups excluding carboxylic acids is 1. The van der Waals surface area contributed by atoms with Crippen LogP contribution in [0.4, 0.5) is 0 Å². The highest BCUT2D eigenvalue weighted by Gasteiger charge is 2.22. The first-order valence-electron chi connectivity index (χ1n) is 6.97. The third-order valence-corrected chi connectivity index (χ3v) is 3.35. The van der Waals surface area contributed by atoms with Crippen LogP contribution in [0.3, 0.4) is 0 Å². The Morgan fingerprint density at radius 1 is 1.32 bits per heavy atom. The van der Waals surface area contributed by atoms with Crippen LogP contribution in [-0.2, 0) is 4.79 Å². The normalized spacial score (nSPS) is 16.4. The van der Waals surface area contributed by atoms with Gasteiger partial charge in [0, 0.05) is 19.6 Å². The molecule has 1 aliphatic heterocycles. The van der Waals surface area contributed by atoms with Gasteiger partial charge >= 0.3 is 0 Å². The van der Waals surface area contributed by atoms with Gasteiger partial charge in [-0.15, -0.1) is 0 Å². The number of nitrogens with one attached hydrogen (secondary N) is 1. The summed E-state index contributed by atoms with van der Waals surface area (Å²) in [6.07, 6.45) is 2.27. The van der Waals surface area contributed by atoms with Crippen molar-refractivity contribution >= 4 is 5.91 Å². The maximum atomic E-state index is 12.0. The van der Waals surface area contributed by atoms with Crippen molar-refractivity contribution in [2.75, 3.05) is 26.2 Å². The maximum absolute atomic E-state index is 12.0. The number of ether oxygens (including phenoxy) is 1. The van der Waals surface area contributed by atoms with Crippen LogP contribution < -0.4 is 10.1 Å². The molecule has 0 radical (unpaired) electrons. The van der Waals surface area contributed by atoms with Gasteiger partial charge in [-0.3, -0.25) is 4.79 Å². The predicted octanol–water partition coefficient (Wildman–Crippen LogP) is 1.67. The molecule has 1 saturated heterocycles. The Hall–Kier alpha value is -1.55. The van der Waals surface area contributed by atoms with Gasteiger partial charge in [-0.2, -0.15) is 0 Å². The van der Waals surface area contributed by atoms with Crippen LogP contribution in [-0.4, -0.2) is 43.1 Å². The van der Waals surface area contributed by atoms with Gasteiger partial charge in [0.15, 0.2) is 0 Å². The van der Waals surface area contributed by atoms with Crippen LogP contribution in [0.2, 0.25) is 0 Å². The molecule has 1 amide bonds. The first-order valence-corrected chi connectivity index (χ1v) is 6.97. The van der Waals surface area contributed by atoms with Gasteiger partial charge in [-0.1, -0.05) is 18.2 Å². The van der Waals surface area contributed by atoms with Crippen molar-refractivity contribution in [2.24, 2.45) is 0 Å². The lowest BCUT2D eigenvalue weighted by molar-refractivity contribution is -0.131. The monoisotopic (exact) mass is 262 g/mol. The van der Waals surface area contributed by atoms with Crippen LogP contribution >= 0.6 is 0 Å². The Bertz CT molecular complexity index is 388. The minimum Gasteiger partial charge on any atom is -0.492 e. The Kier molecular flexibility index (Phi) is 5.21. The molecule has 1 aromatic carbocycles. The van der Waals surface area contributed by atoms with Crippen molar-refractivity contribution in [1.29, 1.82) is 0 Å². The topological polar surface area (TPSA) is 41.6 Å². The summed E-state index contributed by atoms with van der Waals surface area (Å²) < 4.78 is 5.57. The largest absolute Gasteiger partial charge is 0.492 e. The lowest BCUT2D eigenvalue weighted by Crippen LogP contribution is -2.44. The Morgan fingerprint density at radius 3 is 2.68 bits per heavy atom. The molecule has 1 aliphatic rings. The Balaban J connectivity index is 1.63. The second-order valence-electron chi connectivity index (χ2n) is 4.87. The van der Waals surface area contributed by atoms with E-state index in [4.69, 9.17) is 4.74 Å². The number of likely N-dealkylation sites (tertiary alicyclic amines) is 1. The van der Waals surface area contributed by atoms with E-state index in [2.05, 4.69) is 5.32 Å². The molecule has 0 saturated carbocycles. The van der Waals surface area contributed by atoms with Crippen molar-refractivity contribution in [1.82, 2.24) is 10.2 Å². The first kappa shape index (κ1) is 13.9. The molecule has 1 fully saturated rings. The van der Waals surface area contributed by atoms with Crippen LogP contribution in [0.25, 0.3) is 0 Å². The van der Waals surface area contributed by atoms with Crippen LogP contribution in [0.15, 0.2) is 30.3 Å². The van der Waals surface area contributed by atoms with Gasteiger partial charge in [0.1, 0.15) is 12.4 Å². The third-order valence-electron chi connectivity index (χ3n) is 3.35. The van der Waals surface area contributed by atoms with Crippen LogP contribution in [0, 0.1) is 0 Å². The number of nitrogens with zero attached hydrogens (tertiary/aromatic N) is 1. The van der Waals surface area contributed by atoms with Crippen molar-refractivity contribution in [3.05, 3.63) is 30.3 Å². The fourth-order valence-electron chi connectivity index (χ4n) is 2.26. The van der Waals surface area contributed by atoms with E-state index in [1.54, 1.807) is 0 Å². The number of hydrogen-bond acceptors (Lipinski definition) is 3. The van der Waals surface area contributed by atoms with E-state index in [1.807, 2.05) is 42.2 Å². The molecular formula is C15H22N2O2. The zero-order chi connectivity index (χ0) is 13.5. The minimum absolute atomic E-state index is 0.127. The van der Waals surface area contributed by atoms with Crippen LogP contribution in [0.1, 0.15) is 19.8 Å². The predicted molar refractivity (Wildman–Crippen MR) is 75.2 cm³/mol. The molecule has 1 N–H and O–H groups in total. The molecule has 1 atom stereocenters. The molecule has 2 rings (SSSR count). The third kappa shape index (κ3) is 4.24. The smallest absolute Gasteiger partial charge is 0.239 e. The summed E-state index contributed by atoms with van der Waals surface area (Å²) in [4.78, 5) is 14.0. The summed E-state index contributed by atoms with van der Waals surface area (Å²) in [7, 11) is 0. The molecular weight excluding hydrogens is 240 g/mol.